The zero-order valence-electron chi connectivity index (χ0n) is 9.93. The topological polar surface area (TPSA) is 29.3 Å². The molecule has 1 atom stereocenters. The summed E-state index contributed by atoms with van der Waals surface area (Å²) in [7, 11) is 1.97. The molecule has 0 aliphatic carbocycles. The van der Waals surface area contributed by atoms with Crippen LogP contribution in [-0.2, 0) is 0 Å². The predicted molar refractivity (Wildman–Crippen MR) is 71.2 cm³/mol. The van der Waals surface area contributed by atoms with Crippen LogP contribution in [0.3, 0.4) is 0 Å². The van der Waals surface area contributed by atoms with Gasteiger partial charge in [-0.1, -0.05) is 20.3 Å². The lowest BCUT2D eigenvalue weighted by Gasteiger charge is -2.24. The van der Waals surface area contributed by atoms with Crippen LogP contribution >= 0.6 is 15.9 Å². The fourth-order valence-corrected chi connectivity index (χ4v) is 1.91. The lowest BCUT2D eigenvalue weighted by Crippen LogP contribution is -2.24. The highest BCUT2D eigenvalue weighted by Gasteiger charge is 2.11. The summed E-state index contributed by atoms with van der Waals surface area (Å²) in [6, 6.07) is 3.08. The number of nitrogens with zero attached hydrogens (tertiary/aromatic N) is 1. The largest absolute Gasteiger partial charge is 0.397 e. The van der Waals surface area contributed by atoms with E-state index in [9.17, 15) is 4.39 Å². The van der Waals surface area contributed by atoms with Crippen molar-refractivity contribution in [3.63, 3.8) is 0 Å². The second kappa shape index (κ2) is 5.53. The molecular formula is C12H18BrFN2. The standard InChI is InChI=1S/C12H18BrFN2/c1-4-8(2)7-16(3)12-5-9(13)10(14)6-11(12)15/h5-6,8H,4,7,15H2,1-3H3. The van der Waals surface area contributed by atoms with E-state index >= 15 is 0 Å². The molecule has 0 spiro atoms. The fourth-order valence-electron chi connectivity index (χ4n) is 1.58. The minimum absolute atomic E-state index is 0.321. The summed E-state index contributed by atoms with van der Waals surface area (Å²) < 4.78 is 13.7. The van der Waals surface area contributed by atoms with Gasteiger partial charge in [0.2, 0.25) is 0 Å². The molecule has 0 heterocycles. The van der Waals surface area contributed by atoms with Crippen molar-refractivity contribution in [3.8, 4) is 0 Å². The van der Waals surface area contributed by atoms with Gasteiger partial charge < -0.3 is 10.6 Å². The lowest BCUT2D eigenvalue weighted by molar-refractivity contribution is 0.559. The molecule has 0 fully saturated rings. The summed E-state index contributed by atoms with van der Waals surface area (Å²) in [5.74, 6) is 0.270. The quantitative estimate of drug-likeness (QED) is 0.857. The number of hydrogen-bond acceptors (Lipinski definition) is 2. The van der Waals surface area contributed by atoms with Gasteiger partial charge >= 0.3 is 0 Å². The van der Waals surface area contributed by atoms with Gasteiger partial charge in [0, 0.05) is 19.7 Å². The van der Waals surface area contributed by atoms with Crippen molar-refractivity contribution in [2.75, 3.05) is 24.2 Å². The van der Waals surface area contributed by atoms with Gasteiger partial charge in [0.25, 0.3) is 0 Å². The summed E-state index contributed by atoms with van der Waals surface area (Å²) in [5.41, 5.74) is 7.15. The summed E-state index contributed by atoms with van der Waals surface area (Å²) in [6.07, 6.45) is 1.12. The van der Waals surface area contributed by atoms with Crippen LogP contribution in [0.1, 0.15) is 20.3 Å². The van der Waals surface area contributed by atoms with Gasteiger partial charge in [-0.2, -0.15) is 0 Å². The number of benzene rings is 1. The third-order valence-electron chi connectivity index (χ3n) is 2.76. The van der Waals surface area contributed by atoms with Gasteiger partial charge in [0.05, 0.1) is 15.8 Å². The van der Waals surface area contributed by atoms with Crippen molar-refractivity contribution in [2.45, 2.75) is 20.3 Å². The number of halogens is 2. The first kappa shape index (κ1) is 13.3. The van der Waals surface area contributed by atoms with Crippen molar-refractivity contribution < 1.29 is 4.39 Å². The first-order valence-corrected chi connectivity index (χ1v) is 6.20. The highest BCUT2D eigenvalue weighted by atomic mass is 79.9. The minimum Gasteiger partial charge on any atom is -0.397 e. The van der Waals surface area contributed by atoms with E-state index in [0.29, 0.717) is 16.1 Å². The van der Waals surface area contributed by atoms with E-state index in [0.717, 1.165) is 18.7 Å². The first-order chi connectivity index (χ1) is 7.45. The molecule has 0 aromatic heterocycles. The molecule has 0 saturated heterocycles. The van der Waals surface area contributed by atoms with E-state index in [1.54, 1.807) is 6.07 Å². The Bertz CT molecular complexity index is 368. The van der Waals surface area contributed by atoms with Crippen molar-refractivity contribution in [1.29, 1.82) is 0 Å². The van der Waals surface area contributed by atoms with Crippen LogP contribution in [-0.4, -0.2) is 13.6 Å². The maximum atomic E-state index is 13.2. The first-order valence-electron chi connectivity index (χ1n) is 5.41. The third-order valence-corrected chi connectivity index (χ3v) is 3.37. The molecular weight excluding hydrogens is 271 g/mol. The molecule has 0 bridgehead atoms. The Morgan fingerprint density at radius 3 is 2.69 bits per heavy atom. The van der Waals surface area contributed by atoms with Crippen molar-refractivity contribution in [3.05, 3.63) is 22.4 Å². The molecule has 90 valence electrons. The van der Waals surface area contributed by atoms with Crippen LogP contribution in [0.15, 0.2) is 16.6 Å². The van der Waals surface area contributed by atoms with Crippen LogP contribution in [0.2, 0.25) is 0 Å². The molecule has 0 aliphatic heterocycles. The molecule has 0 aliphatic rings. The van der Waals surface area contributed by atoms with Crippen LogP contribution in [0, 0.1) is 11.7 Å². The normalized spacial score (nSPS) is 12.6. The highest BCUT2D eigenvalue weighted by Crippen LogP contribution is 2.29. The van der Waals surface area contributed by atoms with Gasteiger partial charge in [-0.3, -0.25) is 0 Å². The number of rotatable bonds is 4. The molecule has 1 aromatic carbocycles. The second-order valence-electron chi connectivity index (χ2n) is 4.22. The molecule has 0 radical (unpaired) electrons. The molecule has 1 aromatic rings. The molecule has 16 heavy (non-hydrogen) atoms. The average molecular weight is 289 g/mol. The molecule has 0 saturated carbocycles. The Hall–Kier alpha value is -0.770. The summed E-state index contributed by atoms with van der Waals surface area (Å²) >= 11 is 3.17. The summed E-state index contributed by atoms with van der Waals surface area (Å²) in [5, 5.41) is 0. The summed E-state index contributed by atoms with van der Waals surface area (Å²) in [6.45, 7) is 5.26. The van der Waals surface area contributed by atoms with Gasteiger partial charge in [-0.15, -0.1) is 0 Å². The smallest absolute Gasteiger partial charge is 0.139 e. The van der Waals surface area contributed by atoms with Crippen molar-refractivity contribution in [1.82, 2.24) is 0 Å². The van der Waals surface area contributed by atoms with Gasteiger partial charge in [0.1, 0.15) is 5.82 Å². The molecule has 1 rings (SSSR count). The van der Waals surface area contributed by atoms with E-state index in [-0.39, 0.29) is 5.82 Å². The SMILES string of the molecule is CCC(C)CN(C)c1cc(Br)c(F)cc1N. The van der Waals surface area contributed by atoms with Gasteiger partial charge in [-0.05, 0) is 27.9 Å². The van der Waals surface area contributed by atoms with Crippen LogP contribution in [0.25, 0.3) is 0 Å². The Morgan fingerprint density at radius 1 is 1.50 bits per heavy atom. The number of nitrogens with two attached hydrogens (primary N) is 1. The Morgan fingerprint density at radius 2 is 2.12 bits per heavy atom. The van der Waals surface area contributed by atoms with Crippen molar-refractivity contribution >= 4 is 27.3 Å². The zero-order valence-corrected chi connectivity index (χ0v) is 11.5. The van der Waals surface area contributed by atoms with Gasteiger partial charge in [-0.25, -0.2) is 4.39 Å². The Balaban J connectivity index is 2.91. The summed E-state index contributed by atoms with van der Waals surface area (Å²) in [4.78, 5) is 2.06. The molecule has 1 unspecified atom stereocenters. The fraction of sp³-hybridized carbons (Fsp3) is 0.500. The zero-order chi connectivity index (χ0) is 12.3. The average Bonchev–Trinajstić information content (AvgIpc) is 2.23. The van der Waals surface area contributed by atoms with E-state index in [4.69, 9.17) is 5.73 Å². The van der Waals surface area contributed by atoms with E-state index < -0.39 is 0 Å². The lowest BCUT2D eigenvalue weighted by atomic mass is 10.1. The highest BCUT2D eigenvalue weighted by molar-refractivity contribution is 9.10. The van der Waals surface area contributed by atoms with E-state index in [1.807, 2.05) is 7.05 Å². The minimum atomic E-state index is -0.321. The molecule has 2 nitrogen and oxygen atoms in total. The number of hydrogen-bond donors (Lipinski definition) is 1. The van der Waals surface area contributed by atoms with Gasteiger partial charge in [0.15, 0.2) is 0 Å². The molecule has 2 N–H and O–H groups in total. The second-order valence-corrected chi connectivity index (χ2v) is 5.07. The van der Waals surface area contributed by atoms with Crippen LogP contribution < -0.4 is 10.6 Å². The third kappa shape index (κ3) is 3.11. The Labute approximate surface area is 105 Å². The maximum absolute atomic E-state index is 13.2. The molecule has 0 amide bonds. The van der Waals surface area contributed by atoms with E-state index in [1.165, 1.54) is 6.07 Å². The monoisotopic (exact) mass is 288 g/mol. The molecule has 4 heteroatoms. The Kier molecular flexibility index (Phi) is 4.59. The predicted octanol–water partition coefficient (Wildman–Crippen LogP) is 3.65. The number of nitrogen functional groups attached to an aromatic ring is 1. The number of anilines is 2. The van der Waals surface area contributed by atoms with Crippen molar-refractivity contribution in [2.24, 2.45) is 5.92 Å². The van der Waals surface area contributed by atoms with Crippen LogP contribution in [0.5, 0.6) is 0 Å². The maximum Gasteiger partial charge on any atom is 0.139 e. The van der Waals surface area contributed by atoms with Crippen LogP contribution in [0.4, 0.5) is 15.8 Å². The van der Waals surface area contributed by atoms with E-state index in [2.05, 4.69) is 34.7 Å².